The van der Waals surface area contributed by atoms with Crippen LogP contribution in [0.2, 0.25) is 0 Å². The van der Waals surface area contributed by atoms with E-state index >= 15 is 0 Å². The van der Waals surface area contributed by atoms with E-state index in [1.807, 2.05) is 37.4 Å². The summed E-state index contributed by atoms with van der Waals surface area (Å²) >= 11 is 0. The molecular formula is C23H24N4O2. The van der Waals surface area contributed by atoms with Gasteiger partial charge in [-0.1, -0.05) is 13.8 Å². The molecule has 0 bridgehead atoms. The topological polar surface area (TPSA) is 90.0 Å². The molecule has 1 aliphatic carbocycles. The monoisotopic (exact) mass is 388 g/mol. The SMILES string of the molecule is Cc1cn(-c2ccc(C(N)=O)c(Nc3ccncc3)c2)c2c1C(=O)CC(C)(C)C2. The average Bonchev–Trinajstić information content (AvgIpc) is 2.97. The fourth-order valence-corrected chi connectivity index (χ4v) is 4.10. The number of primary amides is 1. The van der Waals surface area contributed by atoms with E-state index in [4.69, 9.17) is 5.73 Å². The van der Waals surface area contributed by atoms with Gasteiger partial charge in [-0.3, -0.25) is 14.6 Å². The smallest absolute Gasteiger partial charge is 0.250 e. The number of nitrogens with one attached hydrogen (secondary N) is 1. The number of Topliss-reactive ketones (excluding diaryl/α,β-unsaturated/α-hetero) is 1. The van der Waals surface area contributed by atoms with Crippen molar-refractivity contribution >= 4 is 23.1 Å². The number of anilines is 2. The molecule has 0 aliphatic heterocycles. The van der Waals surface area contributed by atoms with Gasteiger partial charge in [0.25, 0.3) is 5.91 Å². The molecular weight excluding hydrogens is 364 g/mol. The highest BCUT2D eigenvalue weighted by molar-refractivity contribution is 6.01. The standard InChI is InChI=1S/C23H24N4O2/c1-14-13-27(19-11-23(2,3)12-20(28)21(14)19)16-4-5-17(22(24)29)18(10-16)26-15-6-8-25-9-7-15/h4-10,13H,11-12H2,1-3H3,(H2,24,29)(H,25,26). The van der Waals surface area contributed by atoms with Gasteiger partial charge in [0, 0.05) is 47.6 Å². The van der Waals surface area contributed by atoms with Gasteiger partial charge in [0.15, 0.2) is 5.78 Å². The average molecular weight is 388 g/mol. The van der Waals surface area contributed by atoms with Crippen LogP contribution in [0.5, 0.6) is 0 Å². The molecule has 0 saturated carbocycles. The highest BCUT2D eigenvalue weighted by Crippen LogP contribution is 2.38. The Labute approximate surface area is 169 Å². The van der Waals surface area contributed by atoms with E-state index in [1.54, 1.807) is 18.5 Å². The molecule has 1 aromatic carbocycles. The highest BCUT2D eigenvalue weighted by Gasteiger charge is 2.34. The van der Waals surface area contributed by atoms with Crippen LogP contribution in [0.25, 0.3) is 5.69 Å². The first-order valence-corrected chi connectivity index (χ1v) is 9.60. The first-order chi connectivity index (χ1) is 13.7. The van der Waals surface area contributed by atoms with E-state index in [1.165, 1.54) is 0 Å². The molecule has 6 heteroatoms. The van der Waals surface area contributed by atoms with Gasteiger partial charge in [-0.25, -0.2) is 0 Å². The Morgan fingerprint density at radius 2 is 1.90 bits per heavy atom. The van der Waals surface area contributed by atoms with Crippen LogP contribution in [0.1, 0.15) is 52.2 Å². The molecule has 148 valence electrons. The van der Waals surface area contributed by atoms with Gasteiger partial charge in [-0.05, 0) is 54.7 Å². The number of ketones is 1. The summed E-state index contributed by atoms with van der Waals surface area (Å²) < 4.78 is 2.06. The zero-order valence-electron chi connectivity index (χ0n) is 16.8. The number of hydrogen-bond donors (Lipinski definition) is 2. The third-order valence-electron chi connectivity index (χ3n) is 5.37. The van der Waals surface area contributed by atoms with E-state index < -0.39 is 5.91 Å². The molecule has 0 fully saturated rings. The predicted molar refractivity (Wildman–Crippen MR) is 113 cm³/mol. The number of aryl methyl sites for hydroxylation is 1. The molecule has 29 heavy (non-hydrogen) atoms. The van der Waals surface area contributed by atoms with Crippen molar-refractivity contribution in [3.8, 4) is 5.69 Å². The molecule has 3 aromatic rings. The number of hydrogen-bond acceptors (Lipinski definition) is 4. The second-order valence-corrected chi connectivity index (χ2v) is 8.40. The largest absolute Gasteiger partial charge is 0.366 e. The molecule has 0 spiro atoms. The second-order valence-electron chi connectivity index (χ2n) is 8.40. The minimum absolute atomic E-state index is 0.0854. The van der Waals surface area contributed by atoms with E-state index in [2.05, 4.69) is 28.7 Å². The number of carbonyl (C=O) groups is 2. The van der Waals surface area contributed by atoms with Crippen LogP contribution in [0.15, 0.2) is 48.9 Å². The molecule has 3 N–H and O–H groups in total. The quantitative estimate of drug-likeness (QED) is 0.702. The van der Waals surface area contributed by atoms with Gasteiger partial charge < -0.3 is 15.6 Å². The first kappa shape index (κ1) is 18.9. The predicted octanol–water partition coefficient (Wildman–Crippen LogP) is 4.18. The van der Waals surface area contributed by atoms with Gasteiger partial charge in [0.2, 0.25) is 0 Å². The number of benzene rings is 1. The zero-order chi connectivity index (χ0) is 20.8. The number of rotatable bonds is 4. The second kappa shape index (κ2) is 6.88. The number of carbonyl (C=O) groups excluding carboxylic acids is 2. The van der Waals surface area contributed by atoms with Crippen LogP contribution in [0.3, 0.4) is 0 Å². The summed E-state index contributed by atoms with van der Waals surface area (Å²) in [5.41, 5.74) is 11.0. The van der Waals surface area contributed by atoms with E-state index in [9.17, 15) is 9.59 Å². The number of amides is 1. The number of nitrogens with zero attached hydrogens (tertiary/aromatic N) is 2. The normalized spacial score (nSPS) is 15.1. The molecule has 0 unspecified atom stereocenters. The number of fused-ring (bicyclic) bond motifs is 1. The van der Waals surface area contributed by atoms with Gasteiger partial charge in [0.05, 0.1) is 11.3 Å². The third kappa shape index (κ3) is 3.53. The molecule has 0 atom stereocenters. The molecule has 6 nitrogen and oxygen atoms in total. The van der Waals surface area contributed by atoms with Crippen molar-refractivity contribution in [2.75, 3.05) is 5.32 Å². The fourth-order valence-electron chi connectivity index (χ4n) is 4.10. The van der Waals surface area contributed by atoms with Crippen molar-refractivity contribution in [3.63, 3.8) is 0 Å². The lowest BCUT2D eigenvalue weighted by Gasteiger charge is -2.30. The molecule has 2 heterocycles. The summed E-state index contributed by atoms with van der Waals surface area (Å²) in [4.78, 5) is 28.7. The van der Waals surface area contributed by atoms with E-state index in [0.29, 0.717) is 17.7 Å². The summed E-state index contributed by atoms with van der Waals surface area (Å²) in [7, 11) is 0. The van der Waals surface area contributed by atoms with Crippen molar-refractivity contribution in [1.82, 2.24) is 9.55 Å². The Balaban J connectivity index is 1.83. The van der Waals surface area contributed by atoms with Gasteiger partial charge in [-0.15, -0.1) is 0 Å². The number of pyridine rings is 1. The van der Waals surface area contributed by atoms with Crippen LogP contribution in [-0.4, -0.2) is 21.2 Å². The summed E-state index contributed by atoms with van der Waals surface area (Å²) in [6, 6.07) is 9.12. The lowest BCUT2D eigenvalue weighted by molar-refractivity contribution is 0.0909. The number of aromatic nitrogens is 2. The van der Waals surface area contributed by atoms with E-state index in [-0.39, 0.29) is 11.2 Å². The minimum Gasteiger partial charge on any atom is -0.366 e. The Bertz CT molecular complexity index is 1110. The fraction of sp³-hybridized carbons (Fsp3) is 0.261. The first-order valence-electron chi connectivity index (χ1n) is 9.60. The molecule has 1 aliphatic rings. The Hall–Kier alpha value is -3.41. The van der Waals surface area contributed by atoms with Crippen molar-refractivity contribution in [1.29, 1.82) is 0 Å². The summed E-state index contributed by atoms with van der Waals surface area (Å²) in [6.07, 6.45) is 6.72. The van der Waals surface area contributed by atoms with E-state index in [0.717, 1.165) is 34.6 Å². The van der Waals surface area contributed by atoms with Crippen LogP contribution < -0.4 is 11.1 Å². The summed E-state index contributed by atoms with van der Waals surface area (Å²) in [6.45, 7) is 6.21. The van der Waals surface area contributed by atoms with Gasteiger partial charge in [-0.2, -0.15) is 0 Å². The van der Waals surface area contributed by atoms with Crippen molar-refractivity contribution in [2.24, 2.45) is 11.1 Å². The van der Waals surface area contributed by atoms with Gasteiger partial charge in [0.1, 0.15) is 0 Å². The zero-order valence-corrected chi connectivity index (χ0v) is 16.8. The molecule has 1 amide bonds. The lowest BCUT2D eigenvalue weighted by atomic mass is 9.75. The highest BCUT2D eigenvalue weighted by atomic mass is 16.1. The minimum atomic E-state index is -0.505. The molecule has 0 saturated heterocycles. The van der Waals surface area contributed by atoms with Crippen LogP contribution in [0, 0.1) is 12.3 Å². The maximum absolute atomic E-state index is 12.7. The van der Waals surface area contributed by atoms with Crippen LogP contribution >= 0.6 is 0 Å². The van der Waals surface area contributed by atoms with Crippen LogP contribution in [0.4, 0.5) is 11.4 Å². The molecule has 4 rings (SSSR count). The van der Waals surface area contributed by atoms with Gasteiger partial charge >= 0.3 is 0 Å². The maximum atomic E-state index is 12.7. The Kier molecular flexibility index (Phi) is 4.49. The molecule has 0 radical (unpaired) electrons. The van der Waals surface area contributed by atoms with Crippen molar-refractivity contribution in [3.05, 3.63) is 71.3 Å². The summed E-state index contributed by atoms with van der Waals surface area (Å²) in [5, 5.41) is 3.25. The Morgan fingerprint density at radius 3 is 2.59 bits per heavy atom. The third-order valence-corrected chi connectivity index (χ3v) is 5.37. The summed E-state index contributed by atoms with van der Waals surface area (Å²) in [5.74, 6) is -0.313. The lowest BCUT2D eigenvalue weighted by Crippen LogP contribution is -2.28. The van der Waals surface area contributed by atoms with Crippen molar-refractivity contribution < 1.29 is 9.59 Å². The maximum Gasteiger partial charge on any atom is 0.250 e. The Morgan fingerprint density at radius 1 is 1.17 bits per heavy atom. The number of nitrogens with two attached hydrogens (primary N) is 1. The van der Waals surface area contributed by atoms with Crippen molar-refractivity contribution in [2.45, 2.75) is 33.6 Å². The van der Waals surface area contributed by atoms with Crippen LogP contribution in [-0.2, 0) is 6.42 Å². The molecule has 2 aromatic heterocycles.